The smallest absolute Gasteiger partial charge is 0.231 e. The van der Waals surface area contributed by atoms with Crippen LogP contribution in [-0.2, 0) is 4.79 Å². The number of hydrogen-bond donors (Lipinski definition) is 2. The van der Waals surface area contributed by atoms with E-state index in [1.165, 1.54) is 0 Å². The number of nitriles is 1. The molecule has 0 unspecified atom stereocenters. The lowest BCUT2D eigenvalue weighted by Crippen LogP contribution is -2.41. The minimum absolute atomic E-state index is 0.0803. The number of nitrogens with zero attached hydrogens (tertiary/aromatic N) is 1. The summed E-state index contributed by atoms with van der Waals surface area (Å²) < 4.78 is 10.7. The van der Waals surface area contributed by atoms with Crippen molar-refractivity contribution >= 4 is 11.5 Å². The van der Waals surface area contributed by atoms with E-state index in [0.29, 0.717) is 23.0 Å². The third kappa shape index (κ3) is 4.48. The average molecular weight is 357 g/mol. The van der Waals surface area contributed by atoms with Gasteiger partial charge in [0.15, 0.2) is 17.3 Å². The number of anilines is 1. The highest BCUT2D eigenvalue weighted by Crippen LogP contribution is 2.35. The van der Waals surface area contributed by atoms with Gasteiger partial charge in [-0.15, -0.1) is 0 Å². The zero-order chi connectivity index (χ0) is 19.5. The quantitative estimate of drug-likeness (QED) is 0.592. The van der Waals surface area contributed by atoms with E-state index in [4.69, 9.17) is 9.47 Å². The molecule has 1 aliphatic rings. The zero-order valence-electron chi connectivity index (χ0n) is 16.3. The summed E-state index contributed by atoms with van der Waals surface area (Å²) in [6.07, 6.45) is 0.821. The van der Waals surface area contributed by atoms with E-state index in [9.17, 15) is 10.1 Å². The van der Waals surface area contributed by atoms with Gasteiger partial charge < -0.3 is 20.1 Å². The summed E-state index contributed by atoms with van der Waals surface area (Å²) in [7, 11) is 0. The van der Waals surface area contributed by atoms with E-state index in [0.717, 1.165) is 6.42 Å². The van der Waals surface area contributed by atoms with Crippen LogP contribution in [0.4, 0.5) is 5.69 Å². The van der Waals surface area contributed by atoms with Crippen LogP contribution in [0.25, 0.3) is 0 Å². The number of ether oxygens (including phenoxy) is 2. The van der Waals surface area contributed by atoms with E-state index in [1.807, 2.05) is 26.8 Å². The van der Waals surface area contributed by atoms with Crippen LogP contribution >= 0.6 is 0 Å². The fraction of sp³-hybridized carbons (Fsp3) is 0.500. The summed E-state index contributed by atoms with van der Waals surface area (Å²) in [6.45, 7) is 11.7. The molecule has 0 atom stereocenters. The van der Waals surface area contributed by atoms with Crippen LogP contribution in [0, 0.1) is 16.7 Å². The molecule has 6 nitrogen and oxygen atoms in total. The molecule has 1 aromatic carbocycles. The van der Waals surface area contributed by atoms with Crippen LogP contribution in [0.3, 0.4) is 0 Å². The van der Waals surface area contributed by atoms with Crippen LogP contribution in [0.15, 0.2) is 29.6 Å². The Balaban J connectivity index is 2.45. The van der Waals surface area contributed by atoms with Crippen molar-refractivity contribution in [3.05, 3.63) is 29.6 Å². The molecule has 6 heteroatoms. The average Bonchev–Trinajstić information content (AvgIpc) is 3.02. The van der Waals surface area contributed by atoms with Crippen LogP contribution in [0.1, 0.15) is 48.0 Å². The highest BCUT2D eigenvalue weighted by molar-refractivity contribution is 6.03. The molecule has 1 aliphatic heterocycles. The number of fused-ring (bicyclic) bond motifs is 1. The molecule has 140 valence electrons. The minimum atomic E-state index is -0.662. The Labute approximate surface area is 155 Å². The predicted molar refractivity (Wildman–Crippen MR) is 101 cm³/mol. The monoisotopic (exact) mass is 357 g/mol. The number of hydrogen-bond acceptors (Lipinski definition) is 6. The molecular weight excluding hydrogens is 330 g/mol. The van der Waals surface area contributed by atoms with Crippen molar-refractivity contribution < 1.29 is 14.3 Å². The summed E-state index contributed by atoms with van der Waals surface area (Å²) in [5.41, 5.74) is -0.168. The molecule has 0 radical (unpaired) electrons. The van der Waals surface area contributed by atoms with Crippen molar-refractivity contribution in [2.75, 3.05) is 12.1 Å². The Morgan fingerprint density at radius 2 is 1.85 bits per heavy atom. The van der Waals surface area contributed by atoms with Crippen molar-refractivity contribution in [3.8, 4) is 17.6 Å². The fourth-order valence-electron chi connectivity index (χ4n) is 2.30. The number of allylic oxidation sites excluding steroid dienone is 1. The first-order valence-electron chi connectivity index (χ1n) is 8.71. The molecule has 0 aliphatic carbocycles. The van der Waals surface area contributed by atoms with E-state index < -0.39 is 5.41 Å². The molecule has 2 rings (SSSR count). The summed E-state index contributed by atoms with van der Waals surface area (Å²) in [5.74, 6) is 1.49. The van der Waals surface area contributed by atoms with Crippen molar-refractivity contribution in [1.29, 1.82) is 5.26 Å². The number of ketones is 1. The molecule has 0 spiro atoms. The first kappa shape index (κ1) is 19.6. The minimum Gasteiger partial charge on any atom is -0.454 e. The van der Waals surface area contributed by atoms with Crippen LogP contribution < -0.4 is 20.1 Å². The van der Waals surface area contributed by atoms with Gasteiger partial charge in [-0.25, -0.2) is 0 Å². The number of carbonyl (C=O) groups excluding carboxylic acids is 1. The topological polar surface area (TPSA) is 83.4 Å². The predicted octanol–water partition coefficient (Wildman–Crippen LogP) is 3.96. The Kier molecular flexibility index (Phi) is 5.50. The summed E-state index contributed by atoms with van der Waals surface area (Å²) >= 11 is 0. The van der Waals surface area contributed by atoms with Gasteiger partial charge in [0.05, 0.1) is 0 Å². The number of benzene rings is 1. The fourth-order valence-corrected chi connectivity index (χ4v) is 2.30. The van der Waals surface area contributed by atoms with Gasteiger partial charge in [0, 0.05) is 22.7 Å². The van der Waals surface area contributed by atoms with Gasteiger partial charge in [0.2, 0.25) is 6.79 Å². The highest BCUT2D eigenvalue weighted by Gasteiger charge is 2.30. The molecule has 0 fully saturated rings. The Morgan fingerprint density at radius 3 is 2.42 bits per heavy atom. The Hall–Kier alpha value is -2.68. The first-order chi connectivity index (χ1) is 12.1. The van der Waals surface area contributed by atoms with Crippen LogP contribution in [0.5, 0.6) is 11.5 Å². The first-order valence-corrected chi connectivity index (χ1v) is 8.71. The SMILES string of the molecule is CCC(C)(C)NC(Nc1ccc2c(c1)OCO2)=C(C#N)C(=O)C(C)(C)C. The van der Waals surface area contributed by atoms with Crippen molar-refractivity contribution in [2.45, 2.75) is 53.5 Å². The maximum absolute atomic E-state index is 12.8. The van der Waals surface area contributed by atoms with Gasteiger partial charge >= 0.3 is 0 Å². The Bertz CT molecular complexity index is 767. The van der Waals surface area contributed by atoms with E-state index in [-0.39, 0.29) is 23.7 Å². The molecule has 1 aromatic rings. The van der Waals surface area contributed by atoms with Gasteiger partial charge in [-0.05, 0) is 32.4 Å². The standard InChI is InChI=1S/C20H27N3O3/c1-7-20(5,6)23-18(14(11-21)17(24)19(2,3)4)22-13-8-9-15-16(10-13)26-12-25-15/h8-10,22-23H,7,12H2,1-6H3. The molecule has 2 N–H and O–H groups in total. The molecule has 0 saturated heterocycles. The highest BCUT2D eigenvalue weighted by atomic mass is 16.7. The van der Waals surface area contributed by atoms with Gasteiger partial charge in [-0.3, -0.25) is 4.79 Å². The molecule has 0 amide bonds. The van der Waals surface area contributed by atoms with E-state index in [1.54, 1.807) is 32.9 Å². The van der Waals surface area contributed by atoms with Gasteiger partial charge in [-0.2, -0.15) is 5.26 Å². The molecular formula is C20H27N3O3. The van der Waals surface area contributed by atoms with Gasteiger partial charge in [-0.1, -0.05) is 27.7 Å². The second-order valence-electron chi connectivity index (χ2n) is 8.00. The number of nitrogens with one attached hydrogen (secondary N) is 2. The third-order valence-corrected chi connectivity index (χ3v) is 4.26. The lowest BCUT2D eigenvalue weighted by Gasteiger charge is -2.29. The lowest BCUT2D eigenvalue weighted by atomic mass is 9.86. The summed E-state index contributed by atoms with van der Waals surface area (Å²) in [4.78, 5) is 12.8. The number of Topliss-reactive ketones (excluding diaryl/α,β-unsaturated/α-hetero) is 1. The zero-order valence-corrected chi connectivity index (χ0v) is 16.3. The molecule has 0 aromatic heterocycles. The molecule has 26 heavy (non-hydrogen) atoms. The molecule has 0 saturated carbocycles. The summed E-state index contributed by atoms with van der Waals surface area (Å²) in [6, 6.07) is 7.49. The van der Waals surface area contributed by atoms with Crippen molar-refractivity contribution in [3.63, 3.8) is 0 Å². The molecule has 0 bridgehead atoms. The largest absolute Gasteiger partial charge is 0.454 e. The Morgan fingerprint density at radius 1 is 1.19 bits per heavy atom. The number of carbonyl (C=O) groups is 1. The second-order valence-corrected chi connectivity index (χ2v) is 8.00. The third-order valence-electron chi connectivity index (χ3n) is 4.26. The normalized spacial score (nSPS) is 14.3. The van der Waals surface area contributed by atoms with Crippen molar-refractivity contribution in [1.82, 2.24) is 5.32 Å². The van der Waals surface area contributed by atoms with Crippen LogP contribution in [-0.4, -0.2) is 18.1 Å². The second kappa shape index (κ2) is 7.28. The molecule has 1 heterocycles. The van der Waals surface area contributed by atoms with Crippen LogP contribution in [0.2, 0.25) is 0 Å². The van der Waals surface area contributed by atoms with Gasteiger partial charge in [0.25, 0.3) is 0 Å². The number of rotatable bonds is 6. The van der Waals surface area contributed by atoms with Gasteiger partial charge in [0.1, 0.15) is 17.5 Å². The maximum Gasteiger partial charge on any atom is 0.231 e. The summed E-state index contributed by atoms with van der Waals surface area (Å²) in [5, 5.41) is 16.2. The maximum atomic E-state index is 12.8. The van der Waals surface area contributed by atoms with E-state index >= 15 is 0 Å². The van der Waals surface area contributed by atoms with E-state index in [2.05, 4.69) is 16.7 Å². The van der Waals surface area contributed by atoms with Crippen molar-refractivity contribution in [2.24, 2.45) is 5.41 Å². The lowest BCUT2D eigenvalue weighted by molar-refractivity contribution is -0.122.